The van der Waals surface area contributed by atoms with Crippen LogP contribution in [-0.4, -0.2) is 39.6 Å². The lowest BCUT2D eigenvalue weighted by atomic mass is 10.2. The number of carbonyl (C=O) groups excluding carboxylic acids is 2. The number of carbonyl (C=O) groups is 2. The molecule has 8 heteroatoms. The van der Waals surface area contributed by atoms with Crippen molar-refractivity contribution in [1.82, 2.24) is 14.1 Å². The van der Waals surface area contributed by atoms with Gasteiger partial charge in [-0.15, -0.1) is 0 Å². The first kappa shape index (κ1) is 19.7. The number of rotatable bonds is 7. The monoisotopic (exact) mass is 405 g/mol. The van der Waals surface area contributed by atoms with Crippen LogP contribution in [0.3, 0.4) is 0 Å². The van der Waals surface area contributed by atoms with Crippen LogP contribution in [-0.2, 0) is 27.4 Å². The normalized spacial score (nSPS) is 11.1. The number of nitrogens with zero attached hydrogens (tertiary/aromatic N) is 3. The zero-order valence-corrected chi connectivity index (χ0v) is 16.9. The fourth-order valence-corrected chi connectivity index (χ4v) is 3.56. The molecule has 8 nitrogen and oxygen atoms in total. The van der Waals surface area contributed by atoms with Gasteiger partial charge in [0.1, 0.15) is 6.54 Å². The highest BCUT2D eigenvalue weighted by molar-refractivity contribution is 6.01. The maximum atomic E-state index is 12.8. The van der Waals surface area contributed by atoms with Crippen molar-refractivity contribution < 1.29 is 14.3 Å². The van der Waals surface area contributed by atoms with E-state index in [4.69, 9.17) is 4.74 Å². The first-order valence-electron chi connectivity index (χ1n) is 9.66. The number of hydrogen-bond donors (Lipinski definition) is 2. The van der Waals surface area contributed by atoms with Crippen LogP contribution >= 0.6 is 0 Å². The number of amides is 2. The summed E-state index contributed by atoms with van der Waals surface area (Å²) in [6, 6.07) is 15.2. The van der Waals surface area contributed by atoms with Gasteiger partial charge in [0.15, 0.2) is 0 Å². The molecular weight excluding hydrogens is 382 g/mol. The van der Waals surface area contributed by atoms with E-state index in [1.54, 1.807) is 7.11 Å². The number of methoxy groups -OCH3 is 1. The topological polar surface area (TPSA) is 90.2 Å². The molecule has 4 rings (SSSR count). The minimum atomic E-state index is -0.189. The van der Waals surface area contributed by atoms with Crippen molar-refractivity contribution in [1.29, 1.82) is 0 Å². The van der Waals surface area contributed by atoms with E-state index in [1.807, 2.05) is 63.9 Å². The standard InChI is InChI=1S/C22H23N5O3/c1-15(28)23-17-7-5-9-19-16(17)10-11-26(19)14-21(29)25-22-24-18-6-3-4-8-20(18)27(22)12-13-30-2/h3-11H,12-14H2,1-2H3,(H,23,28)(H,24,25,29). The van der Waals surface area contributed by atoms with Gasteiger partial charge < -0.3 is 19.2 Å². The predicted octanol–water partition coefficient (Wildman–Crippen LogP) is 3.23. The van der Waals surface area contributed by atoms with Crippen LogP contribution in [0.2, 0.25) is 0 Å². The van der Waals surface area contributed by atoms with Crippen molar-refractivity contribution in [2.75, 3.05) is 24.4 Å². The number of ether oxygens (including phenoxy) is 1. The molecule has 0 unspecified atom stereocenters. The van der Waals surface area contributed by atoms with Crippen LogP contribution in [0.5, 0.6) is 0 Å². The highest BCUT2D eigenvalue weighted by Gasteiger charge is 2.14. The van der Waals surface area contributed by atoms with Gasteiger partial charge in [-0.1, -0.05) is 18.2 Å². The summed E-state index contributed by atoms with van der Waals surface area (Å²) in [7, 11) is 1.64. The van der Waals surface area contributed by atoms with Gasteiger partial charge in [0.25, 0.3) is 0 Å². The first-order chi connectivity index (χ1) is 14.6. The maximum Gasteiger partial charge on any atom is 0.246 e. The molecule has 0 aliphatic rings. The second-order valence-electron chi connectivity index (χ2n) is 6.98. The quantitative estimate of drug-likeness (QED) is 0.494. The maximum absolute atomic E-state index is 12.8. The lowest BCUT2D eigenvalue weighted by Crippen LogP contribution is -2.21. The summed E-state index contributed by atoms with van der Waals surface area (Å²) in [5, 5.41) is 6.63. The van der Waals surface area contributed by atoms with Gasteiger partial charge in [0.2, 0.25) is 17.8 Å². The Morgan fingerprint density at radius 2 is 1.83 bits per heavy atom. The summed E-state index contributed by atoms with van der Waals surface area (Å²) in [6.07, 6.45) is 1.84. The van der Waals surface area contributed by atoms with E-state index in [9.17, 15) is 9.59 Å². The SMILES string of the molecule is COCCn1c(NC(=O)Cn2ccc3c(NC(C)=O)cccc32)nc2ccccc21. The molecule has 2 aromatic heterocycles. The summed E-state index contributed by atoms with van der Waals surface area (Å²) in [6.45, 7) is 2.69. The summed E-state index contributed by atoms with van der Waals surface area (Å²) < 4.78 is 8.99. The van der Waals surface area contributed by atoms with Gasteiger partial charge in [-0.2, -0.15) is 0 Å². The molecule has 0 aliphatic heterocycles. The number of nitrogens with one attached hydrogen (secondary N) is 2. The Labute approximate surface area is 173 Å². The molecule has 0 bridgehead atoms. The fraction of sp³-hybridized carbons (Fsp3) is 0.227. The minimum Gasteiger partial charge on any atom is -0.383 e. The summed E-state index contributed by atoms with van der Waals surface area (Å²) in [4.78, 5) is 28.8. The van der Waals surface area contributed by atoms with E-state index in [2.05, 4.69) is 15.6 Å². The van der Waals surface area contributed by atoms with E-state index in [0.717, 1.165) is 27.6 Å². The molecule has 30 heavy (non-hydrogen) atoms. The van der Waals surface area contributed by atoms with Gasteiger partial charge in [0, 0.05) is 32.2 Å². The highest BCUT2D eigenvalue weighted by Crippen LogP contribution is 2.25. The van der Waals surface area contributed by atoms with Gasteiger partial charge in [-0.05, 0) is 30.3 Å². The molecule has 2 amide bonds. The van der Waals surface area contributed by atoms with Crippen molar-refractivity contribution in [3.63, 3.8) is 0 Å². The van der Waals surface area contributed by atoms with Crippen LogP contribution in [0.15, 0.2) is 54.7 Å². The Morgan fingerprint density at radius 3 is 2.63 bits per heavy atom. The Hall–Kier alpha value is -3.65. The number of imidazole rings is 1. The number of anilines is 2. The molecule has 0 spiro atoms. The summed E-state index contributed by atoms with van der Waals surface area (Å²) >= 11 is 0. The molecule has 154 valence electrons. The number of para-hydroxylation sites is 2. The third-order valence-electron chi connectivity index (χ3n) is 4.86. The lowest BCUT2D eigenvalue weighted by Gasteiger charge is -2.11. The molecule has 2 N–H and O–H groups in total. The van der Waals surface area contributed by atoms with Crippen molar-refractivity contribution in [3.8, 4) is 0 Å². The Kier molecular flexibility index (Phi) is 5.49. The molecule has 0 saturated heterocycles. The fourth-order valence-electron chi connectivity index (χ4n) is 3.56. The third kappa shape index (κ3) is 3.90. The molecule has 2 aromatic carbocycles. The van der Waals surface area contributed by atoms with E-state index < -0.39 is 0 Å². The first-order valence-corrected chi connectivity index (χ1v) is 9.66. The molecular formula is C22H23N5O3. The molecule has 0 radical (unpaired) electrons. The van der Waals surface area contributed by atoms with Crippen LogP contribution in [0, 0.1) is 0 Å². The van der Waals surface area contributed by atoms with Crippen molar-refractivity contribution in [3.05, 3.63) is 54.7 Å². The Balaban J connectivity index is 1.58. The van der Waals surface area contributed by atoms with Gasteiger partial charge in [0.05, 0.1) is 28.8 Å². The zero-order valence-electron chi connectivity index (χ0n) is 16.9. The second kappa shape index (κ2) is 8.38. The van der Waals surface area contributed by atoms with E-state index >= 15 is 0 Å². The van der Waals surface area contributed by atoms with E-state index in [1.165, 1.54) is 6.92 Å². The Bertz CT molecular complexity index is 1220. The number of fused-ring (bicyclic) bond motifs is 2. The van der Waals surface area contributed by atoms with Crippen molar-refractivity contribution in [2.24, 2.45) is 0 Å². The van der Waals surface area contributed by atoms with E-state index in [0.29, 0.717) is 19.1 Å². The lowest BCUT2D eigenvalue weighted by molar-refractivity contribution is -0.117. The van der Waals surface area contributed by atoms with Crippen LogP contribution in [0.25, 0.3) is 21.9 Å². The molecule has 0 atom stereocenters. The predicted molar refractivity (Wildman–Crippen MR) is 116 cm³/mol. The summed E-state index contributed by atoms with van der Waals surface area (Å²) in [5.41, 5.74) is 3.34. The molecule has 2 heterocycles. The van der Waals surface area contributed by atoms with Gasteiger partial charge in [-0.25, -0.2) is 4.98 Å². The third-order valence-corrected chi connectivity index (χ3v) is 4.86. The molecule has 0 fully saturated rings. The molecule has 0 aliphatic carbocycles. The second-order valence-corrected chi connectivity index (χ2v) is 6.98. The minimum absolute atomic E-state index is 0.126. The summed E-state index contributed by atoms with van der Waals surface area (Å²) in [5.74, 6) is 0.169. The van der Waals surface area contributed by atoms with Gasteiger partial charge in [-0.3, -0.25) is 14.9 Å². The molecule has 4 aromatic rings. The van der Waals surface area contributed by atoms with Gasteiger partial charge >= 0.3 is 0 Å². The van der Waals surface area contributed by atoms with Crippen LogP contribution in [0.1, 0.15) is 6.92 Å². The molecule has 0 saturated carbocycles. The van der Waals surface area contributed by atoms with Crippen LogP contribution < -0.4 is 10.6 Å². The Morgan fingerprint density at radius 1 is 1.03 bits per heavy atom. The number of aromatic nitrogens is 3. The smallest absolute Gasteiger partial charge is 0.246 e. The van der Waals surface area contributed by atoms with Crippen molar-refractivity contribution in [2.45, 2.75) is 20.0 Å². The van der Waals surface area contributed by atoms with Crippen molar-refractivity contribution >= 4 is 45.4 Å². The largest absolute Gasteiger partial charge is 0.383 e. The number of benzene rings is 2. The van der Waals surface area contributed by atoms with E-state index in [-0.39, 0.29) is 18.4 Å². The highest BCUT2D eigenvalue weighted by atomic mass is 16.5. The average Bonchev–Trinajstić information content (AvgIpc) is 3.28. The number of hydrogen-bond acceptors (Lipinski definition) is 4. The van der Waals surface area contributed by atoms with Crippen LogP contribution in [0.4, 0.5) is 11.6 Å². The zero-order chi connectivity index (χ0) is 21.1. The average molecular weight is 405 g/mol.